The van der Waals surface area contributed by atoms with Crippen LogP contribution in [0.2, 0.25) is 0 Å². The Bertz CT molecular complexity index is 969. The molecule has 5 rings (SSSR count). The molecule has 2 aliphatic heterocycles. The summed E-state index contributed by atoms with van der Waals surface area (Å²) in [6.07, 6.45) is 1.43. The maximum atomic E-state index is 13.0. The Morgan fingerprint density at radius 1 is 1.07 bits per heavy atom. The molecule has 6 nitrogen and oxygen atoms in total. The van der Waals surface area contributed by atoms with Gasteiger partial charge >= 0.3 is 5.97 Å². The highest BCUT2D eigenvalue weighted by Gasteiger charge is 2.46. The van der Waals surface area contributed by atoms with E-state index in [1.54, 1.807) is 12.1 Å². The van der Waals surface area contributed by atoms with E-state index in [1.165, 1.54) is 0 Å². The van der Waals surface area contributed by atoms with Crippen LogP contribution in [0.25, 0.3) is 0 Å². The fourth-order valence-corrected chi connectivity index (χ4v) is 4.36. The van der Waals surface area contributed by atoms with Crippen molar-refractivity contribution < 1.29 is 24.2 Å². The molecular formula is C22H21NO5. The summed E-state index contributed by atoms with van der Waals surface area (Å²) in [5.41, 5.74) is 3.27. The Kier molecular flexibility index (Phi) is 4.00. The summed E-state index contributed by atoms with van der Waals surface area (Å²) in [4.78, 5) is 26.3. The van der Waals surface area contributed by atoms with Crippen LogP contribution in [0.1, 0.15) is 39.4 Å². The van der Waals surface area contributed by atoms with Gasteiger partial charge in [0.15, 0.2) is 11.5 Å². The second kappa shape index (κ2) is 6.55. The summed E-state index contributed by atoms with van der Waals surface area (Å²) in [5, 5.41) is 9.36. The molecule has 0 saturated heterocycles. The van der Waals surface area contributed by atoms with Gasteiger partial charge in [-0.15, -0.1) is 0 Å². The monoisotopic (exact) mass is 379 g/mol. The third-order valence-corrected chi connectivity index (χ3v) is 5.91. The van der Waals surface area contributed by atoms with Gasteiger partial charge in [-0.25, -0.2) is 4.79 Å². The van der Waals surface area contributed by atoms with E-state index in [-0.39, 0.29) is 17.7 Å². The van der Waals surface area contributed by atoms with Crippen LogP contribution in [-0.2, 0) is 17.8 Å². The average molecular weight is 379 g/mol. The van der Waals surface area contributed by atoms with Crippen molar-refractivity contribution in [2.45, 2.75) is 25.3 Å². The lowest BCUT2D eigenvalue weighted by atomic mass is 9.94. The molecule has 0 radical (unpaired) electrons. The van der Waals surface area contributed by atoms with Crippen molar-refractivity contribution in [3.63, 3.8) is 0 Å². The van der Waals surface area contributed by atoms with Crippen molar-refractivity contribution in [1.82, 2.24) is 4.90 Å². The van der Waals surface area contributed by atoms with Gasteiger partial charge < -0.3 is 19.5 Å². The fourth-order valence-electron chi connectivity index (χ4n) is 4.36. The number of carbonyl (C=O) groups excluding carboxylic acids is 1. The minimum atomic E-state index is -0.905. The average Bonchev–Trinajstić information content (AvgIpc) is 3.53. The van der Waals surface area contributed by atoms with Crippen LogP contribution >= 0.6 is 0 Å². The molecule has 3 aliphatic rings. The molecule has 0 aromatic heterocycles. The first-order valence-corrected chi connectivity index (χ1v) is 9.64. The zero-order valence-electron chi connectivity index (χ0n) is 15.4. The maximum absolute atomic E-state index is 13.0. The van der Waals surface area contributed by atoms with Crippen molar-refractivity contribution in [3.8, 4) is 11.5 Å². The zero-order valence-corrected chi connectivity index (χ0v) is 15.4. The largest absolute Gasteiger partial charge is 0.486 e. The molecule has 2 unspecified atom stereocenters. The first-order chi connectivity index (χ1) is 13.6. The smallest absolute Gasteiger partial charge is 0.335 e. The number of benzene rings is 2. The summed E-state index contributed by atoms with van der Waals surface area (Å²) in [5.74, 6) is 0.987. The maximum Gasteiger partial charge on any atom is 0.335 e. The molecule has 2 aromatic rings. The van der Waals surface area contributed by atoms with E-state index in [0.717, 1.165) is 34.6 Å². The van der Waals surface area contributed by atoms with Gasteiger partial charge in [-0.2, -0.15) is 0 Å². The Hall–Kier alpha value is -3.02. The first-order valence-electron chi connectivity index (χ1n) is 9.64. The second-order valence-electron chi connectivity index (χ2n) is 7.61. The lowest BCUT2D eigenvalue weighted by molar-refractivity contribution is -0.133. The van der Waals surface area contributed by atoms with Crippen molar-refractivity contribution in [2.24, 2.45) is 5.92 Å². The highest BCUT2D eigenvalue weighted by atomic mass is 16.6. The Morgan fingerprint density at radius 3 is 2.71 bits per heavy atom. The lowest BCUT2D eigenvalue weighted by Gasteiger charge is -2.30. The van der Waals surface area contributed by atoms with Crippen molar-refractivity contribution >= 4 is 11.9 Å². The molecular weight excluding hydrogens is 358 g/mol. The number of nitrogens with zero attached hydrogens (tertiary/aromatic N) is 1. The Balaban J connectivity index is 1.30. The SMILES string of the molecule is O=C(O)c1cccc2c1CCN(C(=O)C1CC1c1ccc3c(c1)OCCO3)C2. The van der Waals surface area contributed by atoms with Gasteiger partial charge in [0.2, 0.25) is 5.91 Å². The van der Waals surface area contributed by atoms with Gasteiger partial charge in [0.05, 0.1) is 5.56 Å². The summed E-state index contributed by atoms with van der Waals surface area (Å²) < 4.78 is 11.2. The molecule has 1 fully saturated rings. The number of fused-ring (bicyclic) bond motifs is 2. The van der Waals surface area contributed by atoms with E-state index in [1.807, 2.05) is 29.2 Å². The first kappa shape index (κ1) is 17.1. The van der Waals surface area contributed by atoms with Gasteiger partial charge in [0, 0.05) is 19.0 Å². The van der Waals surface area contributed by atoms with E-state index in [9.17, 15) is 14.7 Å². The van der Waals surface area contributed by atoms with E-state index >= 15 is 0 Å². The molecule has 0 spiro atoms. The highest BCUT2D eigenvalue weighted by molar-refractivity contribution is 5.90. The quantitative estimate of drug-likeness (QED) is 0.888. The number of rotatable bonds is 3. The molecule has 6 heteroatoms. The molecule has 1 saturated carbocycles. The standard InChI is InChI=1S/C22H21NO5/c24-21(23-7-6-15-14(12-23)2-1-3-16(15)22(25)26)18-11-17(18)13-4-5-19-20(10-13)28-9-8-27-19/h1-5,10,17-18H,6-9,11-12H2,(H,25,26). The van der Waals surface area contributed by atoms with Gasteiger partial charge in [0.1, 0.15) is 13.2 Å². The molecule has 28 heavy (non-hydrogen) atoms. The summed E-state index contributed by atoms with van der Waals surface area (Å²) in [6.45, 7) is 2.17. The molecule has 1 amide bonds. The number of amides is 1. The van der Waals surface area contributed by atoms with E-state index in [2.05, 4.69) is 0 Å². The molecule has 1 aliphatic carbocycles. The van der Waals surface area contributed by atoms with Gasteiger partial charge in [-0.3, -0.25) is 4.79 Å². The number of ether oxygens (including phenoxy) is 2. The summed E-state index contributed by atoms with van der Waals surface area (Å²) in [6, 6.07) is 11.3. The van der Waals surface area contributed by atoms with Crippen molar-refractivity contribution in [1.29, 1.82) is 0 Å². The molecule has 144 valence electrons. The van der Waals surface area contributed by atoms with Crippen LogP contribution in [0.4, 0.5) is 0 Å². The molecule has 2 aromatic carbocycles. The van der Waals surface area contributed by atoms with Crippen LogP contribution in [-0.4, -0.2) is 41.6 Å². The minimum Gasteiger partial charge on any atom is -0.486 e. The topological polar surface area (TPSA) is 76.1 Å². The lowest BCUT2D eigenvalue weighted by Crippen LogP contribution is -2.37. The third kappa shape index (κ3) is 2.89. The van der Waals surface area contributed by atoms with Crippen LogP contribution in [0.3, 0.4) is 0 Å². The van der Waals surface area contributed by atoms with Gasteiger partial charge in [-0.05, 0) is 53.6 Å². The molecule has 1 N–H and O–H groups in total. The zero-order chi connectivity index (χ0) is 19.3. The molecule has 0 bridgehead atoms. The van der Waals surface area contributed by atoms with Crippen LogP contribution in [0, 0.1) is 5.92 Å². The second-order valence-corrected chi connectivity index (χ2v) is 7.61. The minimum absolute atomic E-state index is 0.00762. The van der Waals surface area contributed by atoms with E-state index in [4.69, 9.17) is 9.47 Å². The number of carbonyl (C=O) groups is 2. The number of hydrogen-bond acceptors (Lipinski definition) is 4. The predicted molar refractivity (Wildman–Crippen MR) is 101 cm³/mol. The number of hydrogen-bond donors (Lipinski definition) is 1. The van der Waals surface area contributed by atoms with Crippen molar-refractivity contribution in [2.75, 3.05) is 19.8 Å². The fraction of sp³-hybridized carbons (Fsp3) is 0.364. The highest BCUT2D eigenvalue weighted by Crippen LogP contribution is 2.50. The molecule has 2 atom stereocenters. The number of carboxylic acids is 1. The van der Waals surface area contributed by atoms with E-state index in [0.29, 0.717) is 38.3 Å². The van der Waals surface area contributed by atoms with Crippen LogP contribution in [0.5, 0.6) is 11.5 Å². The Labute approximate surface area is 162 Å². The number of carboxylic acid groups (broad SMARTS) is 1. The van der Waals surface area contributed by atoms with Crippen molar-refractivity contribution in [3.05, 3.63) is 58.7 Å². The molecule has 2 heterocycles. The van der Waals surface area contributed by atoms with Gasteiger partial charge in [-0.1, -0.05) is 18.2 Å². The summed E-state index contributed by atoms with van der Waals surface area (Å²) >= 11 is 0. The predicted octanol–water partition coefficient (Wildman–Crippen LogP) is 2.84. The summed E-state index contributed by atoms with van der Waals surface area (Å²) in [7, 11) is 0. The Morgan fingerprint density at radius 2 is 1.89 bits per heavy atom. The van der Waals surface area contributed by atoms with E-state index < -0.39 is 5.97 Å². The van der Waals surface area contributed by atoms with Crippen LogP contribution < -0.4 is 9.47 Å². The normalized spacial score (nSPS) is 22.4. The number of aromatic carboxylic acids is 1. The third-order valence-electron chi connectivity index (χ3n) is 5.91. The van der Waals surface area contributed by atoms with Gasteiger partial charge in [0.25, 0.3) is 0 Å². The van der Waals surface area contributed by atoms with Crippen LogP contribution in [0.15, 0.2) is 36.4 Å².